The van der Waals surface area contributed by atoms with E-state index in [2.05, 4.69) is 18.0 Å². The van der Waals surface area contributed by atoms with Crippen molar-refractivity contribution < 1.29 is 4.79 Å². The monoisotopic (exact) mass is 223 g/mol. The van der Waals surface area contributed by atoms with Crippen molar-refractivity contribution in [2.45, 2.75) is 13.8 Å². The van der Waals surface area contributed by atoms with Gasteiger partial charge >= 0.3 is 0 Å². The molecule has 0 amide bonds. The zero-order valence-electron chi connectivity index (χ0n) is 7.90. The van der Waals surface area contributed by atoms with Gasteiger partial charge in [0.2, 0.25) is 0 Å². The lowest BCUT2D eigenvalue weighted by Crippen LogP contribution is -1.89. The maximum absolute atomic E-state index is 11.0. The highest BCUT2D eigenvalue weighted by molar-refractivity contribution is 7.16. The number of Topliss-reactive ketones (excluding diaryl/α,β-unsaturated/α-hetero) is 1. The second kappa shape index (κ2) is 3.63. The van der Waals surface area contributed by atoms with Crippen molar-refractivity contribution in [3.63, 3.8) is 0 Å². The summed E-state index contributed by atoms with van der Waals surface area (Å²) in [6, 6.07) is 4.10. The Morgan fingerprint density at radius 1 is 1.43 bits per heavy atom. The molecule has 0 aliphatic rings. The number of hydrogen-bond acceptors (Lipinski definition) is 4. The molecule has 2 heterocycles. The molecule has 0 saturated heterocycles. The molecule has 2 nitrogen and oxygen atoms in total. The number of hydrogen-bond donors (Lipinski definition) is 0. The van der Waals surface area contributed by atoms with E-state index in [1.54, 1.807) is 18.3 Å². The summed E-state index contributed by atoms with van der Waals surface area (Å²) in [6.45, 7) is 3.61. The average Bonchev–Trinajstić information content (AvgIpc) is 2.70. The van der Waals surface area contributed by atoms with Gasteiger partial charge in [0.1, 0.15) is 0 Å². The van der Waals surface area contributed by atoms with Crippen LogP contribution >= 0.6 is 22.7 Å². The molecule has 0 atom stereocenters. The Balaban J connectivity index is 2.38. The van der Waals surface area contributed by atoms with Crippen LogP contribution in [-0.2, 0) is 0 Å². The number of carbonyl (C=O) groups is 1. The van der Waals surface area contributed by atoms with E-state index < -0.39 is 0 Å². The SMILES string of the molecule is CC(=O)c1nc(-c2ccc(C)s2)cs1. The van der Waals surface area contributed by atoms with E-state index in [1.165, 1.54) is 16.2 Å². The number of carbonyl (C=O) groups excluding carboxylic acids is 1. The second-order valence-electron chi connectivity index (χ2n) is 3.00. The lowest BCUT2D eigenvalue weighted by atomic mass is 10.4. The van der Waals surface area contributed by atoms with Gasteiger partial charge in [-0.15, -0.1) is 22.7 Å². The largest absolute Gasteiger partial charge is 0.292 e. The number of aromatic nitrogens is 1. The summed E-state index contributed by atoms with van der Waals surface area (Å²) >= 11 is 3.11. The van der Waals surface area contributed by atoms with Crippen LogP contribution < -0.4 is 0 Å². The third kappa shape index (κ3) is 1.76. The Kier molecular flexibility index (Phi) is 2.48. The number of aryl methyl sites for hydroxylation is 1. The lowest BCUT2D eigenvalue weighted by Gasteiger charge is -1.87. The first kappa shape index (κ1) is 9.55. The quantitative estimate of drug-likeness (QED) is 0.730. The summed E-state index contributed by atoms with van der Waals surface area (Å²) in [5.74, 6) is 0.0366. The minimum atomic E-state index is 0.0366. The highest BCUT2D eigenvalue weighted by Gasteiger charge is 2.08. The van der Waals surface area contributed by atoms with Gasteiger partial charge in [-0.3, -0.25) is 4.79 Å². The van der Waals surface area contributed by atoms with Crippen LogP contribution in [0.3, 0.4) is 0 Å². The molecule has 0 fully saturated rings. The van der Waals surface area contributed by atoms with Crippen LogP contribution in [0.25, 0.3) is 10.6 Å². The van der Waals surface area contributed by atoms with Crippen LogP contribution in [0.15, 0.2) is 17.5 Å². The van der Waals surface area contributed by atoms with Gasteiger partial charge in [-0.2, -0.15) is 0 Å². The Labute approximate surface area is 90.2 Å². The van der Waals surface area contributed by atoms with Gasteiger partial charge in [0.15, 0.2) is 10.8 Å². The molecule has 0 radical (unpaired) electrons. The fourth-order valence-electron chi connectivity index (χ4n) is 1.12. The van der Waals surface area contributed by atoms with Gasteiger partial charge in [0, 0.05) is 17.2 Å². The predicted octanol–water partition coefficient (Wildman–Crippen LogP) is 3.38. The van der Waals surface area contributed by atoms with Crippen molar-refractivity contribution in [1.82, 2.24) is 4.98 Å². The molecule has 0 unspecified atom stereocenters. The van der Waals surface area contributed by atoms with Gasteiger partial charge in [-0.05, 0) is 19.1 Å². The fraction of sp³-hybridized carbons (Fsp3) is 0.200. The second-order valence-corrected chi connectivity index (χ2v) is 5.15. The maximum Gasteiger partial charge on any atom is 0.188 e. The van der Waals surface area contributed by atoms with Crippen molar-refractivity contribution in [2.24, 2.45) is 0 Å². The van der Waals surface area contributed by atoms with Crippen LogP contribution in [0.1, 0.15) is 21.6 Å². The van der Waals surface area contributed by atoms with Gasteiger partial charge in [0.05, 0.1) is 10.6 Å². The van der Waals surface area contributed by atoms with Gasteiger partial charge in [-0.1, -0.05) is 0 Å². The van der Waals surface area contributed by atoms with Crippen LogP contribution in [-0.4, -0.2) is 10.8 Å². The van der Waals surface area contributed by atoms with E-state index >= 15 is 0 Å². The van der Waals surface area contributed by atoms with Gasteiger partial charge in [0.25, 0.3) is 0 Å². The average molecular weight is 223 g/mol. The summed E-state index contributed by atoms with van der Waals surface area (Å²) in [5, 5.41) is 2.52. The number of rotatable bonds is 2. The van der Waals surface area contributed by atoms with Crippen molar-refractivity contribution in [1.29, 1.82) is 0 Å². The first-order valence-electron chi connectivity index (χ1n) is 4.20. The Morgan fingerprint density at radius 2 is 2.21 bits per heavy atom. The Morgan fingerprint density at radius 3 is 2.71 bits per heavy atom. The summed E-state index contributed by atoms with van der Waals surface area (Å²) in [6.07, 6.45) is 0. The summed E-state index contributed by atoms with van der Waals surface area (Å²) < 4.78 is 0. The zero-order valence-corrected chi connectivity index (χ0v) is 9.54. The third-order valence-electron chi connectivity index (χ3n) is 1.80. The van der Waals surface area contributed by atoms with E-state index in [0.29, 0.717) is 5.01 Å². The van der Waals surface area contributed by atoms with E-state index in [0.717, 1.165) is 10.6 Å². The standard InChI is InChI=1S/C10H9NOS2/c1-6-3-4-9(14-6)8-5-13-10(11-8)7(2)12/h3-5H,1-2H3. The predicted molar refractivity (Wildman–Crippen MR) is 60.2 cm³/mol. The topological polar surface area (TPSA) is 30.0 Å². The Bertz CT molecular complexity index is 470. The molecule has 0 aliphatic carbocycles. The van der Waals surface area contributed by atoms with Crippen LogP contribution in [0.4, 0.5) is 0 Å². The van der Waals surface area contributed by atoms with Crippen LogP contribution in [0, 0.1) is 6.92 Å². The smallest absolute Gasteiger partial charge is 0.188 e. The third-order valence-corrected chi connectivity index (χ3v) is 3.76. The fourth-order valence-corrected chi connectivity index (χ4v) is 2.74. The van der Waals surface area contributed by atoms with Crippen molar-refractivity contribution in [3.8, 4) is 10.6 Å². The molecule has 72 valence electrons. The molecule has 0 aromatic carbocycles. The summed E-state index contributed by atoms with van der Waals surface area (Å²) in [4.78, 5) is 17.7. The van der Waals surface area contributed by atoms with Gasteiger partial charge in [-0.25, -0.2) is 4.98 Å². The number of ketones is 1. The van der Waals surface area contributed by atoms with E-state index in [4.69, 9.17) is 0 Å². The molecule has 2 aromatic rings. The van der Waals surface area contributed by atoms with Crippen LogP contribution in [0.5, 0.6) is 0 Å². The molecule has 14 heavy (non-hydrogen) atoms. The highest BCUT2D eigenvalue weighted by Crippen LogP contribution is 2.28. The Hall–Kier alpha value is -1.00. The van der Waals surface area contributed by atoms with Crippen molar-refractivity contribution in [2.75, 3.05) is 0 Å². The molecular formula is C10H9NOS2. The number of thiophene rings is 1. The lowest BCUT2D eigenvalue weighted by molar-refractivity contribution is 0.101. The summed E-state index contributed by atoms with van der Waals surface area (Å²) in [7, 11) is 0. The molecule has 0 bridgehead atoms. The summed E-state index contributed by atoms with van der Waals surface area (Å²) in [5.41, 5.74) is 0.915. The molecular weight excluding hydrogens is 214 g/mol. The molecule has 0 aliphatic heterocycles. The normalized spacial score (nSPS) is 10.4. The van der Waals surface area contributed by atoms with E-state index in [9.17, 15) is 4.79 Å². The molecule has 2 rings (SSSR count). The number of nitrogens with zero attached hydrogens (tertiary/aromatic N) is 1. The minimum Gasteiger partial charge on any atom is -0.292 e. The highest BCUT2D eigenvalue weighted by atomic mass is 32.1. The van der Waals surface area contributed by atoms with Gasteiger partial charge < -0.3 is 0 Å². The molecule has 0 N–H and O–H groups in total. The molecule has 4 heteroatoms. The first-order chi connectivity index (χ1) is 6.66. The van der Waals surface area contributed by atoms with E-state index in [1.807, 2.05) is 11.4 Å². The molecule has 0 spiro atoms. The van der Waals surface area contributed by atoms with E-state index in [-0.39, 0.29) is 5.78 Å². The maximum atomic E-state index is 11.0. The zero-order chi connectivity index (χ0) is 10.1. The first-order valence-corrected chi connectivity index (χ1v) is 5.89. The van der Waals surface area contributed by atoms with Crippen LogP contribution in [0.2, 0.25) is 0 Å². The number of thiazole rings is 1. The molecule has 0 saturated carbocycles. The minimum absolute atomic E-state index is 0.0366. The van der Waals surface area contributed by atoms with Crippen molar-refractivity contribution >= 4 is 28.5 Å². The van der Waals surface area contributed by atoms with Crippen molar-refractivity contribution in [3.05, 3.63) is 27.4 Å². The molecule has 2 aromatic heterocycles.